The third kappa shape index (κ3) is 2.58. The molecule has 0 unspecified atom stereocenters. The molecular weight excluding hydrogens is 317 g/mol. The lowest BCUT2D eigenvalue weighted by molar-refractivity contribution is 1.16. The number of hydrogen-bond donors (Lipinski definition) is 3. The van der Waals surface area contributed by atoms with Gasteiger partial charge in [0, 0.05) is 3.57 Å². The van der Waals surface area contributed by atoms with Crippen molar-refractivity contribution in [2.45, 2.75) is 0 Å². The number of halogens is 1. The van der Waals surface area contributed by atoms with Crippen LogP contribution in [0.25, 0.3) is 0 Å². The molecule has 1 aromatic carbocycles. The summed E-state index contributed by atoms with van der Waals surface area (Å²) in [5.74, 6) is 6.44. The Balaban J connectivity index is 2.24. The number of aromatic nitrogens is 2. The van der Waals surface area contributed by atoms with Gasteiger partial charge in [-0.25, -0.2) is 10.8 Å². The Morgan fingerprint density at radius 3 is 2.62 bits per heavy atom. The molecule has 0 aliphatic carbocycles. The normalized spacial score (nSPS) is 9.88. The largest absolute Gasteiger partial charge is 0.338 e. The van der Waals surface area contributed by atoms with Crippen LogP contribution in [0.5, 0.6) is 0 Å². The first kappa shape index (κ1) is 11.1. The molecular formula is C10H10IN5. The van der Waals surface area contributed by atoms with Crippen LogP contribution in [0.15, 0.2) is 36.7 Å². The van der Waals surface area contributed by atoms with E-state index in [0.29, 0.717) is 11.6 Å². The molecule has 0 saturated heterocycles. The average molecular weight is 327 g/mol. The van der Waals surface area contributed by atoms with E-state index in [0.717, 1.165) is 9.26 Å². The molecule has 0 aliphatic heterocycles. The number of nitrogens with zero attached hydrogens (tertiary/aromatic N) is 2. The van der Waals surface area contributed by atoms with Crippen molar-refractivity contribution in [1.29, 1.82) is 0 Å². The molecule has 0 amide bonds. The first-order valence-corrected chi connectivity index (χ1v) is 5.67. The monoisotopic (exact) mass is 327 g/mol. The van der Waals surface area contributed by atoms with Gasteiger partial charge in [0.1, 0.15) is 0 Å². The second-order valence-electron chi connectivity index (χ2n) is 3.04. The zero-order valence-corrected chi connectivity index (χ0v) is 10.5. The SMILES string of the molecule is NNc1cncc(Nc2ccccc2I)n1. The summed E-state index contributed by atoms with van der Waals surface area (Å²) in [6.45, 7) is 0. The first-order valence-electron chi connectivity index (χ1n) is 4.60. The number of rotatable bonds is 3. The number of nitrogens with one attached hydrogen (secondary N) is 2. The van der Waals surface area contributed by atoms with Crippen molar-refractivity contribution in [2.75, 3.05) is 10.7 Å². The number of para-hydroxylation sites is 1. The first-order chi connectivity index (χ1) is 7.79. The lowest BCUT2D eigenvalue weighted by Gasteiger charge is -2.07. The summed E-state index contributed by atoms with van der Waals surface area (Å²) in [7, 11) is 0. The summed E-state index contributed by atoms with van der Waals surface area (Å²) in [5, 5.41) is 3.17. The molecule has 2 aromatic rings. The summed E-state index contributed by atoms with van der Waals surface area (Å²) < 4.78 is 1.12. The molecule has 6 heteroatoms. The van der Waals surface area contributed by atoms with Crippen LogP contribution in [0, 0.1) is 3.57 Å². The molecule has 0 atom stereocenters. The number of hydrazine groups is 1. The van der Waals surface area contributed by atoms with E-state index in [-0.39, 0.29) is 0 Å². The van der Waals surface area contributed by atoms with E-state index < -0.39 is 0 Å². The Bertz CT molecular complexity index is 488. The molecule has 0 spiro atoms. The predicted octanol–water partition coefficient (Wildman–Crippen LogP) is 2.11. The molecule has 0 fully saturated rings. The fraction of sp³-hybridized carbons (Fsp3) is 0. The molecule has 1 aromatic heterocycles. The van der Waals surface area contributed by atoms with E-state index in [4.69, 9.17) is 5.84 Å². The van der Waals surface area contributed by atoms with E-state index in [1.807, 2.05) is 24.3 Å². The van der Waals surface area contributed by atoms with Crippen molar-refractivity contribution >= 4 is 39.9 Å². The molecule has 0 radical (unpaired) electrons. The highest BCUT2D eigenvalue weighted by Crippen LogP contribution is 2.20. The fourth-order valence-corrected chi connectivity index (χ4v) is 1.72. The second-order valence-corrected chi connectivity index (χ2v) is 4.20. The third-order valence-corrected chi connectivity index (χ3v) is 2.86. The Labute approximate surface area is 107 Å². The molecule has 16 heavy (non-hydrogen) atoms. The maximum atomic E-state index is 5.26. The Morgan fingerprint density at radius 1 is 1.12 bits per heavy atom. The van der Waals surface area contributed by atoms with Crippen LogP contribution in [-0.2, 0) is 0 Å². The van der Waals surface area contributed by atoms with Crippen LogP contribution in [0.4, 0.5) is 17.3 Å². The Hall–Kier alpha value is -1.41. The van der Waals surface area contributed by atoms with E-state index in [9.17, 15) is 0 Å². The van der Waals surface area contributed by atoms with Crippen molar-refractivity contribution in [3.05, 3.63) is 40.2 Å². The lowest BCUT2D eigenvalue weighted by Crippen LogP contribution is -2.09. The smallest absolute Gasteiger partial charge is 0.160 e. The van der Waals surface area contributed by atoms with Gasteiger partial charge in [0.2, 0.25) is 0 Å². The van der Waals surface area contributed by atoms with Gasteiger partial charge in [-0.15, -0.1) is 0 Å². The minimum atomic E-state index is 0.524. The van der Waals surface area contributed by atoms with Crippen molar-refractivity contribution in [2.24, 2.45) is 5.84 Å². The van der Waals surface area contributed by atoms with Gasteiger partial charge in [-0.2, -0.15) is 0 Å². The average Bonchev–Trinajstić information content (AvgIpc) is 2.32. The predicted molar refractivity (Wildman–Crippen MR) is 72.3 cm³/mol. The van der Waals surface area contributed by atoms with Crippen molar-refractivity contribution in [3.8, 4) is 0 Å². The van der Waals surface area contributed by atoms with Gasteiger partial charge in [0.25, 0.3) is 0 Å². The van der Waals surface area contributed by atoms with E-state index in [1.165, 1.54) is 0 Å². The molecule has 2 rings (SSSR count). The van der Waals surface area contributed by atoms with Gasteiger partial charge in [-0.05, 0) is 34.7 Å². The zero-order chi connectivity index (χ0) is 11.4. The summed E-state index contributed by atoms with van der Waals surface area (Å²) in [6.07, 6.45) is 3.20. The number of hydrogen-bond acceptors (Lipinski definition) is 5. The van der Waals surface area contributed by atoms with Crippen LogP contribution in [-0.4, -0.2) is 9.97 Å². The van der Waals surface area contributed by atoms with Crippen LogP contribution in [0.1, 0.15) is 0 Å². The molecule has 1 heterocycles. The van der Waals surface area contributed by atoms with Gasteiger partial charge in [-0.3, -0.25) is 4.98 Å². The van der Waals surface area contributed by atoms with Gasteiger partial charge in [0.05, 0.1) is 18.1 Å². The van der Waals surface area contributed by atoms with Gasteiger partial charge >= 0.3 is 0 Å². The summed E-state index contributed by atoms with van der Waals surface area (Å²) in [6, 6.07) is 7.94. The second kappa shape index (κ2) is 5.08. The minimum Gasteiger partial charge on any atom is -0.338 e. The Morgan fingerprint density at radius 2 is 1.88 bits per heavy atom. The third-order valence-electron chi connectivity index (χ3n) is 1.92. The van der Waals surface area contributed by atoms with Crippen LogP contribution < -0.4 is 16.6 Å². The lowest BCUT2D eigenvalue weighted by atomic mass is 10.3. The van der Waals surface area contributed by atoms with E-state index in [1.54, 1.807) is 12.4 Å². The van der Waals surface area contributed by atoms with Crippen molar-refractivity contribution < 1.29 is 0 Å². The molecule has 4 N–H and O–H groups in total. The van der Waals surface area contributed by atoms with Gasteiger partial charge < -0.3 is 10.7 Å². The molecule has 0 bridgehead atoms. The highest BCUT2D eigenvalue weighted by atomic mass is 127. The van der Waals surface area contributed by atoms with Gasteiger partial charge in [-0.1, -0.05) is 12.1 Å². The number of benzene rings is 1. The van der Waals surface area contributed by atoms with E-state index in [2.05, 4.69) is 43.3 Å². The summed E-state index contributed by atoms with van der Waals surface area (Å²) in [5.41, 5.74) is 3.44. The zero-order valence-electron chi connectivity index (χ0n) is 8.31. The number of anilines is 3. The van der Waals surface area contributed by atoms with Crippen molar-refractivity contribution in [3.63, 3.8) is 0 Å². The molecule has 0 aliphatic rings. The highest BCUT2D eigenvalue weighted by molar-refractivity contribution is 14.1. The maximum Gasteiger partial charge on any atom is 0.160 e. The summed E-state index contributed by atoms with van der Waals surface area (Å²) >= 11 is 2.25. The van der Waals surface area contributed by atoms with Crippen molar-refractivity contribution in [1.82, 2.24) is 9.97 Å². The maximum absolute atomic E-state index is 5.26. The molecule has 82 valence electrons. The summed E-state index contributed by atoms with van der Waals surface area (Å²) in [4.78, 5) is 8.23. The quantitative estimate of drug-likeness (QED) is 0.457. The standard InChI is InChI=1S/C10H10IN5/c11-7-3-1-2-4-8(7)14-9-5-13-6-10(15-9)16-12/h1-6H,12H2,(H2,14,15,16). The van der Waals surface area contributed by atoms with Crippen LogP contribution in [0.3, 0.4) is 0 Å². The topological polar surface area (TPSA) is 75.9 Å². The number of nitrogens with two attached hydrogens (primary N) is 1. The molecule has 0 saturated carbocycles. The highest BCUT2D eigenvalue weighted by Gasteiger charge is 2.01. The van der Waals surface area contributed by atoms with Crippen LogP contribution >= 0.6 is 22.6 Å². The van der Waals surface area contributed by atoms with Crippen LogP contribution in [0.2, 0.25) is 0 Å². The van der Waals surface area contributed by atoms with Gasteiger partial charge in [0.15, 0.2) is 11.6 Å². The fourth-order valence-electron chi connectivity index (χ4n) is 1.20. The Kier molecular flexibility index (Phi) is 3.52. The van der Waals surface area contributed by atoms with E-state index >= 15 is 0 Å². The molecule has 5 nitrogen and oxygen atoms in total. The minimum absolute atomic E-state index is 0.524. The number of nitrogen functional groups attached to an aromatic ring is 1.